The highest BCUT2D eigenvalue weighted by atomic mass is 32.1. The Morgan fingerprint density at radius 1 is 1.47 bits per heavy atom. The van der Waals surface area contributed by atoms with E-state index in [4.69, 9.17) is 18.0 Å². The lowest BCUT2D eigenvalue weighted by Gasteiger charge is -2.11. The van der Waals surface area contributed by atoms with Crippen LogP contribution in [0.4, 0.5) is 5.82 Å². The molecular weight excluding hydrogens is 254 g/mol. The van der Waals surface area contributed by atoms with Crippen molar-refractivity contribution in [3.05, 3.63) is 35.9 Å². The monoisotopic (exact) mass is 271 g/mol. The van der Waals surface area contributed by atoms with E-state index in [2.05, 4.69) is 17.2 Å². The van der Waals surface area contributed by atoms with Gasteiger partial charge in [0.25, 0.3) is 0 Å². The standard InChI is InChI=1S/C15H17N3S/c1-2-9-8-13(9)18-15-11(14(16)19)7-10-5-3-4-6-12(10)17-15/h3-7,9,13H,2,8H2,1H3,(H2,16,19)(H,17,18). The molecule has 0 bridgehead atoms. The molecule has 0 amide bonds. The fourth-order valence-corrected chi connectivity index (χ4v) is 2.62. The molecule has 1 aliphatic rings. The van der Waals surface area contributed by atoms with Gasteiger partial charge in [0.15, 0.2) is 0 Å². The zero-order chi connectivity index (χ0) is 13.4. The van der Waals surface area contributed by atoms with Gasteiger partial charge in [0.05, 0.1) is 11.1 Å². The molecule has 0 radical (unpaired) electrons. The predicted octanol–water partition coefficient (Wildman–Crippen LogP) is 3.08. The number of hydrogen-bond donors (Lipinski definition) is 2. The fraction of sp³-hybridized carbons (Fsp3) is 0.333. The maximum Gasteiger partial charge on any atom is 0.137 e. The van der Waals surface area contributed by atoms with Crippen molar-refractivity contribution in [3.8, 4) is 0 Å². The molecule has 0 saturated heterocycles. The lowest BCUT2D eigenvalue weighted by Crippen LogP contribution is -2.16. The molecule has 3 rings (SSSR count). The molecule has 1 aliphatic carbocycles. The van der Waals surface area contributed by atoms with Crippen molar-refractivity contribution in [1.29, 1.82) is 0 Å². The quantitative estimate of drug-likeness (QED) is 0.839. The van der Waals surface area contributed by atoms with E-state index in [-0.39, 0.29) is 0 Å². The number of pyridine rings is 1. The SMILES string of the molecule is CCC1CC1Nc1nc2ccccc2cc1C(N)=S. The number of nitrogens with one attached hydrogen (secondary N) is 1. The van der Waals surface area contributed by atoms with Crippen LogP contribution >= 0.6 is 12.2 Å². The van der Waals surface area contributed by atoms with Crippen LogP contribution in [0, 0.1) is 5.92 Å². The maximum absolute atomic E-state index is 5.82. The van der Waals surface area contributed by atoms with Crippen LogP contribution in [-0.2, 0) is 0 Å². The number of hydrogen-bond acceptors (Lipinski definition) is 3. The van der Waals surface area contributed by atoms with Gasteiger partial charge in [0, 0.05) is 11.4 Å². The number of para-hydroxylation sites is 1. The number of thiocarbonyl (C=S) groups is 1. The first kappa shape index (κ1) is 12.4. The Morgan fingerprint density at radius 3 is 2.95 bits per heavy atom. The van der Waals surface area contributed by atoms with Gasteiger partial charge in [-0.2, -0.15) is 0 Å². The van der Waals surface area contributed by atoms with Crippen LogP contribution in [0.3, 0.4) is 0 Å². The van der Waals surface area contributed by atoms with Crippen molar-refractivity contribution in [1.82, 2.24) is 4.98 Å². The Balaban J connectivity index is 2.00. The van der Waals surface area contributed by atoms with Gasteiger partial charge in [-0.05, 0) is 24.5 Å². The molecule has 3 nitrogen and oxygen atoms in total. The van der Waals surface area contributed by atoms with Gasteiger partial charge in [-0.15, -0.1) is 0 Å². The zero-order valence-electron chi connectivity index (χ0n) is 10.9. The second-order valence-electron chi connectivity index (χ2n) is 5.10. The second-order valence-corrected chi connectivity index (χ2v) is 5.54. The number of anilines is 1. The number of rotatable bonds is 4. The summed E-state index contributed by atoms with van der Waals surface area (Å²) in [5, 5.41) is 4.55. The predicted molar refractivity (Wildman–Crippen MR) is 83.4 cm³/mol. The van der Waals surface area contributed by atoms with E-state index in [0.717, 1.165) is 28.2 Å². The Kier molecular flexibility index (Phi) is 3.11. The summed E-state index contributed by atoms with van der Waals surface area (Å²) >= 11 is 5.14. The third kappa shape index (κ3) is 2.40. The van der Waals surface area contributed by atoms with E-state index in [9.17, 15) is 0 Å². The minimum Gasteiger partial charge on any atom is -0.389 e. The summed E-state index contributed by atoms with van der Waals surface area (Å²) in [5.41, 5.74) is 7.63. The van der Waals surface area contributed by atoms with Crippen molar-refractivity contribution in [2.24, 2.45) is 11.7 Å². The molecule has 1 heterocycles. The largest absolute Gasteiger partial charge is 0.389 e. The molecule has 98 valence electrons. The third-order valence-electron chi connectivity index (χ3n) is 3.76. The fourth-order valence-electron chi connectivity index (χ4n) is 2.46. The van der Waals surface area contributed by atoms with E-state index in [0.29, 0.717) is 11.0 Å². The normalized spacial score (nSPS) is 21.3. The smallest absolute Gasteiger partial charge is 0.137 e. The first-order chi connectivity index (χ1) is 9.19. The summed E-state index contributed by atoms with van der Waals surface area (Å²) in [7, 11) is 0. The highest BCUT2D eigenvalue weighted by Crippen LogP contribution is 2.36. The lowest BCUT2D eigenvalue weighted by atomic mass is 10.1. The number of benzene rings is 1. The van der Waals surface area contributed by atoms with Crippen LogP contribution in [0.1, 0.15) is 25.3 Å². The molecular formula is C15H17N3S. The first-order valence-electron chi connectivity index (χ1n) is 6.65. The molecule has 1 fully saturated rings. The molecule has 3 N–H and O–H groups in total. The van der Waals surface area contributed by atoms with E-state index in [1.807, 2.05) is 30.3 Å². The van der Waals surface area contributed by atoms with Gasteiger partial charge in [-0.1, -0.05) is 43.8 Å². The van der Waals surface area contributed by atoms with Gasteiger partial charge in [0.2, 0.25) is 0 Å². The van der Waals surface area contributed by atoms with Crippen molar-refractivity contribution in [3.63, 3.8) is 0 Å². The molecule has 19 heavy (non-hydrogen) atoms. The van der Waals surface area contributed by atoms with E-state index >= 15 is 0 Å². The van der Waals surface area contributed by atoms with Crippen LogP contribution in [-0.4, -0.2) is 16.0 Å². The molecule has 0 aliphatic heterocycles. The molecule has 4 heteroatoms. The van der Waals surface area contributed by atoms with Crippen molar-refractivity contribution in [2.75, 3.05) is 5.32 Å². The Morgan fingerprint density at radius 2 is 2.26 bits per heavy atom. The molecule has 2 atom stereocenters. The highest BCUT2D eigenvalue weighted by molar-refractivity contribution is 7.80. The second kappa shape index (κ2) is 4.78. The number of aromatic nitrogens is 1. The average Bonchev–Trinajstić information content (AvgIpc) is 3.16. The highest BCUT2D eigenvalue weighted by Gasteiger charge is 2.35. The average molecular weight is 271 g/mol. The van der Waals surface area contributed by atoms with Gasteiger partial charge in [-0.25, -0.2) is 4.98 Å². The van der Waals surface area contributed by atoms with Gasteiger partial charge in [0.1, 0.15) is 10.8 Å². The van der Waals surface area contributed by atoms with Crippen LogP contribution < -0.4 is 11.1 Å². The Bertz CT molecular complexity index is 638. The van der Waals surface area contributed by atoms with Crippen LogP contribution in [0.15, 0.2) is 30.3 Å². The van der Waals surface area contributed by atoms with Gasteiger partial charge >= 0.3 is 0 Å². The molecule has 2 unspecified atom stereocenters. The zero-order valence-corrected chi connectivity index (χ0v) is 11.7. The van der Waals surface area contributed by atoms with Crippen LogP contribution in [0.25, 0.3) is 10.9 Å². The molecule has 2 aromatic rings. The Labute approximate surface area is 118 Å². The summed E-state index contributed by atoms with van der Waals surface area (Å²) in [6.45, 7) is 2.22. The maximum atomic E-state index is 5.82. The molecule has 1 aromatic carbocycles. The summed E-state index contributed by atoms with van der Waals surface area (Å²) in [5.74, 6) is 1.58. The summed E-state index contributed by atoms with van der Waals surface area (Å²) < 4.78 is 0. The van der Waals surface area contributed by atoms with Gasteiger partial charge < -0.3 is 11.1 Å². The lowest BCUT2D eigenvalue weighted by molar-refractivity contribution is 0.773. The summed E-state index contributed by atoms with van der Waals surface area (Å²) in [4.78, 5) is 5.06. The minimum atomic E-state index is 0.398. The third-order valence-corrected chi connectivity index (χ3v) is 3.98. The molecule has 0 spiro atoms. The van der Waals surface area contributed by atoms with Crippen molar-refractivity contribution >= 4 is 33.9 Å². The molecule has 1 aromatic heterocycles. The minimum absolute atomic E-state index is 0.398. The van der Waals surface area contributed by atoms with E-state index in [1.165, 1.54) is 12.8 Å². The van der Waals surface area contributed by atoms with Crippen molar-refractivity contribution < 1.29 is 0 Å². The Hall–Kier alpha value is -1.68. The van der Waals surface area contributed by atoms with Gasteiger partial charge in [-0.3, -0.25) is 0 Å². The van der Waals surface area contributed by atoms with Crippen LogP contribution in [0.5, 0.6) is 0 Å². The topological polar surface area (TPSA) is 50.9 Å². The van der Waals surface area contributed by atoms with Crippen molar-refractivity contribution in [2.45, 2.75) is 25.8 Å². The number of nitrogens with zero attached hydrogens (tertiary/aromatic N) is 1. The van der Waals surface area contributed by atoms with E-state index in [1.54, 1.807) is 0 Å². The number of nitrogens with two attached hydrogens (primary N) is 1. The van der Waals surface area contributed by atoms with E-state index < -0.39 is 0 Å². The number of fused-ring (bicyclic) bond motifs is 1. The summed E-state index contributed by atoms with van der Waals surface area (Å²) in [6, 6.07) is 10.6. The molecule has 1 saturated carbocycles. The first-order valence-corrected chi connectivity index (χ1v) is 7.06. The van der Waals surface area contributed by atoms with Crippen LogP contribution in [0.2, 0.25) is 0 Å². The summed E-state index contributed by atoms with van der Waals surface area (Å²) in [6.07, 6.45) is 2.41.